The third-order valence-electron chi connectivity index (χ3n) is 4.81. The smallest absolute Gasteiger partial charge is 0.245 e. The molecule has 0 atom stereocenters. The molecule has 0 saturated heterocycles. The van der Waals surface area contributed by atoms with Crippen molar-refractivity contribution in [2.24, 2.45) is 5.92 Å². The van der Waals surface area contributed by atoms with Crippen LogP contribution in [0.25, 0.3) is 0 Å². The molecule has 1 N–H and O–H groups in total. The Morgan fingerprint density at radius 3 is 2.69 bits per heavy atom. The van der Waals surface area contributed by atoms with Crippen molar-refractivity contribution in [1.82, 2.24) is 4.98 Å². The van der Waals surface area contributed by atoms with Crippen molar-refractivity contribution < 1.29 is 9.53 Å². The Bertz CT molecular complexity index is 699. The molecule has 1 heterocycles. The fourth-order valence-corrected chi connectivity index (χ4v) is 3.32. The van der Waals surface area contributed by atoms with E-state index in [0.717, 1.165) is 5.69 Å². The van der Waals surface area contributed by atoms with Crippen LogP contribution in [0.5, 0.6) is 5.75 Å². The van der Waals surface area contributed by atoms with E-state index in [1.807, 2.05) is 54.4 Å². The molecule has 0 spiro atoms. The summed E-state index contributed by atoms with van der Waals surface area (Å²) in [5.41, 5.74) is 0.998. The number of benzene rings is 1. The summed E-state index contributed by atoms with van der Waals surface area (Å²) < 4.78 is 5.98. The monoisotopic (exact) mass is 353 g/mol. The number of hydrogen-bond acceptors (Lipinski definition) is 4. The third kappa shape index (κ3) is 5.22. The summed E-state index contributed by atoms with van der Waals surface area (Å²) in [6.07, 6.45) is 8.03. The van der Waals surface area contributed by atoms with Gasteiger partial charge in [0.2, 0.25) is 5.91 Å². The Morgan fingerprint density at radius 2 is 1.92 bits per heavy atom. The van der Waals surface area contributed by atoms with Gasteiger partial charge in [0.05, 0.1) is 13.2 Å². The van der Waals surface area contributed by atoms with Gasteiger partial charge in [-0.15, -0.1) is 0 Å². The summed E-state index contributed by atoms with van der Waals surface area (Å²) in [5, 5.41) is 2.88. The van der Waals surface area contributed by atoms with E-state index in [1.54, 1.807) is 6.20 Å². The Morgan fingerprint density at radius 1 is 1.15 bits per heavy atom. The van der Waals surface area contributed by atoms with Gasteiger partial charge < -0.3 is 15.0 Å². The average molecular weight is 353 g/mol. The van der Waals surface area contributed by atoms with Gasteiger partial charge in [-0.25, -0.2) is 4.98 Å². The van der Waals surface area contributed by atoms with Gasteiger partial charge in [-0.3, -0.25) is 4.79 Å². The molecule has 0 aliphatic heterocycles. The van der Waals surface area contributed by atoms with Crippen molar-refractivity contribution in [2.45, 2.75) is 32.1 Å². The summed E-state index contributed by atoms with van der Waals surface area (Å²) in [7, 11) is 1.90. The van der Waals surface area contributed by atoms with Crippen LogP contribution < -0.4 is 15.0 Å². The lowest BCUT2D eigenvalue weighted by Crippen LogP contribution is -2.30. The molecule has 0 radical (unpaired) electrons. The van der Waals surface area contributed by atoms with Crippen molar-refractivity contribution >= 4 is 17.4 Å². The first kappa shape index (κ1) is 18.2. The predicted octanol–water partition coefficient (Wildman–Crippen LogP) is 4.12. The Balaban J connectivity index is 1.56. The highest BCUT2D eigenvalue weighted by atomic mass is 16.5. The molecule has 0 bridgehead atoms. The Hall–Kier alpha value is -2.56. The van der Waals surface area contributed by atoms with Crippen LogP contribution in [0.1, 0.15) is 32.1 Å². The van der Waals surface area contributed by atoms with E-state index in [0.29, 0.717) is 24.1 Å². The first-order chi connectivity index (χ1) is 12.7. The number of aromatic nitrogens is 1. The fraction of sp³-hybridized carbons (Fsp3) is 0.429. The zero-order valence-corrected chi connectivity index (χ0v) is 15.4. The first-order valence-corrected chi connectivity index (χ1v) is 9.36. The van der Waals surface area contributed by atoms with Crippen LogP contribution in [0, 0.1) is 5.92 Å². The Labute approximate surface area is 155 Å². The number of carbonyl (C=O) groups excluding carboxylic acids is 1. The number of likely N-dealkylation sites (N-methyl/N-ethyl adjacent to an activating group) is 1. The minimum Gasteiger partial charge on any atom is -0.489 e. The van der Waals surface area contributed by atoms with Crippen molar-refractivity contribution in [3.8, 4) is 5.75 Å². The van der Waals surface area contributed by atoms with Crippen LogP contribution >= 0.6 is 0 Å². The van der Waals surface area contributed by atoms with E-state index < -0.39 is 0 Å². The Kier molecular flexibility index (Phi) is 6.47. The molecule has 2 aromatic rings. The van der Waals surface area contributed by atoms with Gasteiger partial charge in [0.25, 0.3) is 0 Å². The van der Waals surface area contributed by atoms with Crippen LogP contribution in [-0.2, 0) is 4.79 Å². The van der Waals surface area contributed by atoms with E-state index in [1.165, 1.54) is 32.1 Å². The predicted molar refractivity (Wildman–Crippen MR) is 105 cm³/mol. The number of ether oxygens (including phenoxy) is 1. The lowest BCUT2D eigenvalue weighted by atomic mass is 9.90. The number of anilines is 2. The molecule has 1 aliphatic carbocycles. The lowest BCUT2D eigenvalue weighted by Gasteiger charge is -2.22. The molecule has 1 amide bonds. The standard InChI is InChI=1S/C21H27N3O2/c1-24(18-11-6-3-7-12-18)15-20(25)23-21-19(13-8-14-22-21)26-16-17-9-4-2-5-10-17/h3,6-8,11-14,17H,2,4-5,9-10,15-16H2,1H3,(H,22,23,25). The van der Waals surface area contributed by atoms with Gasteiger partial charge in [-0.05, 0) is 43.0 Å². The maximum atomic E-state index is 12.4. The van der Waals surface area contributed by atoms with Gasteiger partial charge >= 0.3 is 0 Å². The fourth-order valence-electron chi connectivity index (χ4n) is 3.32. The minimum absolute atomic E-state index is 0.113. The number of amides is 1. The summed E-state index contributed by atoms with van der Waals surface area (Å²) in [4.78, 5) is 18.6. The molecule has 1 aromatic heterocycles. The number of pyridine rings is 1. The molecule has 138 valence electrons. The summed E-state index contributed by atoms with van der Waals surface area (Å²) in [6.45, 7) is 0.946. The zero-order valence-electron chi connectivity index (χ0n) is 15.4. The van der Waals surface area contributed by atoms with Crippen LogP contribution in [0.3, 0.4) is 0 Å². The highest BCUT2D eigenvalue weighted by Crippen LogP contribution is 2.27. The van der Waals surface area contributed by atoms with E-state index in [2.05, 4.69) is 10.3 Å². The molecule has 1 fully saturated rings. The second-order valence-electron chi connectivity index (χ2n) is 6.90. The molecule has 3 rings (SSSR count). The number of carbonyl (C=O) groups is 1. The first-order valence-electron chi connectivity index (χ1n) is 9.36. The maximum Gasteiger partial charge on any atom is 0.245 e. The van der Waals surface area contributed by atoms with E-state index >= 15 is 0 Å². The topological polar surface area (TPSA) is 54.5 Å². The van der Waals surface area contributed by atoms with Crippen LogP contribution in [0.2, 0.25) is 0 Å². The molecule has 1 saturated carbocycles. The molecule has 0 unspecified atom stereocenters. The van der Waals surface area contributed by atoms with Gasteiger partial charge in [0.15, 0.2) is 11.6 Å². The third-order valence-corrected chi connectivity index (χ3v) is 4.81. The van der Waals surface area contributed by atoms with Gasteiger partial charge in [-0.2, -0.15) is 0 Å². The van der Waals surface area contributed by atoms with E-state index in [-0.39, 0.29) is 12.5 Å². The molecule has 5 heteroatoms. The molecule has 1 aromatic carbocycles. The molecule has 1 aliphatic rings. The van der Waals surface area contributed by atoms with Gasteiger partial charge in [0, 0.05) is 18.9 Å². The number of rotatable bonds is 7. The lowest BCUT2D eigenvalue weighted by molar-refractivity contribution is -0.115. The summed E-state index contributed by atoms with van der Waals surface area (Å²) >= 11 is 0. The number of nitrogens with one attached hydrogen (secondary N) is 1. The number of para-hydroxylation sites is 1. The van der Waals surface area contributed by atoms with Crippen molar-refractivity contribution in [3.63, 3.8) is 0 Å². The molecular weight excluding hydrogens is 326 g/mol. The van der Waals surface area contributed by atoms with E-state index in [4.69, 9.17) is 4.74 Å². The second-order valence-corrected chi connectivity index (χ2v) is 6.90. The van der Waals surface area contributed by atoms with Gasteiger partial charge in [0.1, 0.15) is 0 Å². The number of nitrogens with zero attached hydrogens (tertiary/aromatic N) is 2. The van der Waals surface area contributed by atoms with Crippen LogP contribution in [-0.4, -0.2) is 31.1 Å². The largest absolute Gasteiger partial charge is 0.489 e. The zero-order chi connectivity index (χ0) is 18.2. The second kappa shape index (κ2) is 9.22. The molecular formula is C21H27N3O2. The summed E-state index contributed by atoms with van der Waals surface area (Å²) in [5.74, 6) is 1.64. The van der Waals surface area contributed by atoms with Crippen molar-refractivity contribution in [2.75, 3.05) is 30.4 Å². The molecule has 5 nitrogen and oxygen atoms in total. The quantitative estimate of drug-likeness (QED) is 0.814. The highest BCUT2D eigenvalue weighted by molar-refractivity contribution is 5.94. The normalized spacial score (nSPS) is 14.7. The van der Waals surface area contributed by atoms with E-state index in [9.17, 15) is 4.79 Å². The van der Waals surface area contributed by atoms with Crippen LogP contribution in [0.4, 0.5) is 11.5 Å². The molecule has 26 heavy (non-hydrogen) atoms. The van der Waals surface area contributed by atoms with Crippen molar-refractivity contribution in [1.29, 1.82) is 0 Å². The van der Waals surface area contributed by atoms with Gasteiger partial charge in [-0.1, -0.05) is 37.5 Å². The maximum absolute atomic E-state index is 12.4. The summed E-state index contributed by atoms with van der Waals surface area (Å²) in [6, 6.07) is 13.5. The van der Waals surface area contributed by atoms with Crippen molar-refractivity contribution in [3.05, 3.63) is 48.7 Å². The average Bonchev–Trinajstić information content (AvgIpc) is 2.68. The highest BCUT2D eigenvalue weighted by Gasteiger charge is 2.16. The van der Waals surface area contributed by atoms with Crippen LogP contribution in [0.15, 0.2) is 48.7 Å². The SMILES string of the molecule is CN(CC(=O)Nc1ncccc1OCC1CCCCC1)c1ccccc1. The number of hydrogen-bond donors (Lipinski definition) is 1. The minimum atomic E-state index is -0.113.